The number of hydrogen-bond donors (Lipinski definition) is 1. The third-order valence-electron chi connectivity index (χ3n) is 4.12. The second-order valence-corrected chi connectivity index (χ2v) is 5.35. The van der Waals surface area contributed by atoms with Gasteiger partial charge in [-0.3, -0.25) is 4.79 Å². The average molecular weight is 240 g/mol. The summed E-state index contributed by atoms with van der Waals surface area (Å²) in [5.41, 5.74) is 0. The molecule has 0 aromatic heterocycles. The first-order valence-electron chi connectivity index (χ1n) is 6.74. The maximum Gasteiger partial charge on any atom is 0.222 e. The minimum absolute atomic E-state index is 0.182. The van der Waals surface area contributed by atoms with Crippen LogP contribution in [0.5, 0.6) is 0 Å². The zero-order valence-corrected chi connectivity index (χ0v) is 10.9. The van der Waals surface area contributed by atoms with Crippen molar-refractivity contribution in [2.75, 3.05) is 26.7 Å². The average Bonchev–Trinajstić information content (AvgIpc) is 2.79. The number of nitrogens with zero attached hydrogens (tertiary/aromatic N) is 1. The van der Waals surface area contributed by atoms with Crippen molar-refractivity contribution in [3.63, 3.8) is 0 Å². The molecule has 2 heterocycles. The van der Waals surface area contributed by atoms with E-state index in [0.717, 1.165) is 26.1 Å². The first-order chi connectivity index (χ1) is 8.20. The minimum Gasteiger partial charge on any atom is -0.382 e. The highest BCUT2D eigenvalue weighted by atomic mass is 16.5. The standard InChI is InChI=1S/C13H24N2O2/c1-10(17-2)5-6-13(16)15-8-11-4-3-7-14-12(11)9-15/h10-12,14H,3-9H2,1-2H3/t10?,11-,12+/m0/s1. The van der Waals surface area contributed by atoms with Crippen molar-refractivity contribution < 1.29 is 9.53 Å². The highest BCUT2D eigenvalue weighted by Gasteiger charge is 2.35. The number of carbonyl (C=O) groups is 1. The maximum absolute atomic E-state index is 12.1. The molecular weight excluding hydrogens is 216 g/mol. The molecule has 0 bridgehead atoms. The maximum atomic E-state index is 12.1. The number of likely N-dealkylation sites (tertiary alicyclic amines) is 1. The van der Waals surface area contributed by atoms with Crippen LogP contribution < -0.4 is 5.32 Å². The van der Waals surface area contributed by atoms with E-state index in [9.17, 15) is 4.79 Å². The molecule has 0 radical (unpaired) electrons. The molecule has 2 saturated heterocycles. The zero-order valence-electron chi connectivity index (χ0n) is 10.9. The highest BCUT2D eigenvalue weighted by Crippen LogP contribution is 2.25. The Morgan fingerprint density at radius 2 is 2.35 bits per heavy atom. The summed E-state index contributed by atoms with van der Waals surface area (Å²) >= 11 is 0. The number of nitrogens with one attached hydrogen (secondary N) is 1. The Balaban J connectivity index is 1.77. The lowest BCUT2D eigenvalue weighted by atomic mass is 9.94. The van der Waals surface area contributed by atoms with Crippen LogP contribution in [0.4, 0.5) is 0 Å². The van der Waals surface area contributed by atoms with Crippen molar-refractivity contribution in [2.45, 2.75) is 44.8 Å². The molecule has 0 aromatic carbocycles. The van der Waals surface area contributed by atoms with Gasteiger partial charge in [0.2, 0.25) is 5.91 Å². The normalized spacial score (nSPS) is 30.1. The molecule has 1 N–H and O–H groups in total. The molecule has 4 nitrogen and oxygen atoms in total. The third kappa shape index (κ3) is 3.19. The molecule has 17 heavy (non-hydrogen) atoms. The van der Waals surface area contributed by atoms with Gasteiger partial charge >= 0.3 is 0 Å². The molecule has 2 fully saturated rings. The highest BCUT2D eigenvalue weighted by molar-refractivity contribution is 5.76. The molecule has 2 rings (SSSR count). The fourth-order valence-corrected chi connectivity index (χ4v) is 2.85. The monoisotopic (exact) mass is 240 g/mol. The lowest BCUT2D eigenvalue weighted by Gasteiger charge is -2.24. The smallest absolute Gasteiger partial charge is 0.222 e. The number of amides is 1. The molecule has 0 aromatic rings. The van der Waals surface area contributed by atoms with Crippen LogP contribution in [0.15, 0.2) is 0 Å². The molecular formula is C13H24N2O2. The number of hydrogen-bond acceptors (Lipinski definition) is 3. The topological polar surface area (TPSA) is 41.6 Å². The Labute approximate surface area is 104 Å². The summed E-state index contributed by atoms with van der Waals surface area (Å²) in [4.78, 5) is 14.1. The Morgan fingerprint density at radius 3 is 3.06 bits per heavy atom. The summed E-state index contributed by atoms with van der Waals surface area (Å²) in [7, 11) is 1.70. The van der Waals surface area contributed by atoms with Gasteiger partial charge < -0.3 is 15.0 Å². The van der Waals surface area contributed by atoms with Crippen LogP contribution >= 0.6 is 0 Å². The molecule has 1 unspecified atom stereocenters. The van der Waals surface area contributed by atoms with Crippen molar-refractivity contribution in [3.05, 3.63) is 0 Å². The zero-order chi connectivity index (χ0) is 12.3. The van der Waals surface area contributed by atoms with E-state index in [4.69, 9.17) is 4.74 Å². The van der Waals surface area contributed by atoms with Gasteiger partial charge in [-0.25, -0.2) is 0 Å². The van der Waals surface area contributed by atoms with Crippen LogP contribution in [0.1, 0.15) is 32.6 Å². The number of carbonyl (C=O) groups excluding carboxylic acids is 1. The first kappa shape index (κ1) is 12.8. The van der Waals surface area contributed by atoms with Gasteiger partial charge in [-0.2, -0.15) is 0 Å². The van der Waals surface area contributed by atoms with Crippen LogP contribution in [0, 0.1) is 5.92 Å². The molecule has 2 aliphatic rings. The lowest BCUT2D eigenvalue weighted by Crippen LogP contribution is -2.41. The minimum atomic E-state index is 0.182. The van der Waals surface area contributed by atoms with Crippen molar-refractivity contribution in [3.8, 4) is 0 Å². The van der Waals surface area contributed by atoms with Gasteiger partial charge in [0.25, 0.3) is 0 Å². The van der Waals surface area contributed by atoms with E-state index in [1.807, 2.05) is 11.8 Å². The number of methoxy groups -OCH3 is 1. The third-order valence-corrected chi connectivity index (χ3v) is 4.12. The Hall–Kier alpha value is -0.610. The molecule has 2 aliphatic heterocycles. The quantitative estimate of drug-likeness (QED) is 0.797. The van der Waals surface area contributed by atoms with E-state index >= 15 is 0 Å². The number of ether oxygens (including phenoxy) is 1. The lowest BCUT2D eigenvalue weighted by molar-refractivity contribution is -0.131. The summed E-state index contributed by atoms with van der Waals surface area (Å²) in [5.74, 6) is 0.984. The predicted octanol–water partition coefficient (Wildman–Crippen LogP) is 1.01. The van der Waals surface area contributed by atoms with Gasteiger partial charge in [0.05, 0.1) is 6.10 Å². The van der Waals surface area contributed by atoms with Crippen LogP contribution in [-0.4, -0.2) is 49.7 Å². The fraction of sp³-hybridized carbons (Fsp3) is 0.923. The van der Waals surface area contributed by atoms with Gasteiger partial charge in [-0.05, 0) is 38.6 Å². The Kier molecular flexibility index (Phi) is 4.40. The van der Waals surface area contributed by atoms with Crippen LogP contribution in [0.2, 0.25) is 0 Å². The van der Waals surface area contributed by atoms with Crippen molar-refractivity contribution in [2.24, 2.45) is 5.92 Å². The molecule has 3 atom stereocenters. The predicted molar refractivity (Wildman–Crippen MR) is 66.8 cm³/mol. The largest absolute Gasteiger partial charge is 0.382 e. The summed E-state index contributed by atoms with van der Waals surface area (Å²) in [6, 6.07) is 0.549. The van der Waals surface area contributed by atoms with Crippen molar-refractivity contribution in [1.82, 2.24) is 10.2 Å². The van der Waals surface area contributed by atoms with E-state index in [1.165, 1.54) is 12.8 Å². The molecule has 1 amide bonds. The number of piperidine rings is 1. The fourth-order valence-electron chi connectivity index (χ4n) is 2.85. The van der Waals surface area contributed by atoms with Crippen molar-refractivity contribution in [1.29, 1.82) is 0 Å². The van der Waals surface area contributed by atoms with Crippen LogP contribution in [0.3, 0.4) is 0 Å². The molecule has 98 valence electrons. The van der Waals surface area contributed by atoms with Crippen LogP contribution in [-0.2, 0) is 9.53 Å². The Morgan fingerprint density at radius 1 is 1.53 bits per heavy atom. The summed E-state index contributed by atoms with van der Waals surface area (Å²) in [6.07, 6.45) is 4.16. The van der Waals surface area contributed by atoms with Gasteiger partial charge in [0, 0.05) is 32.7 Å². The molecule has 0 aliphatic carbocycles. The van der Waals surface area contributed by atoms with Gasteiger partial charge in [0.15, 0.2) is 0 Å². The van der Waals surface area contributed by atoms with E-state index in [-0.39, 0.29) is 6.10 Å². The van der Waals surface area contributed by atoms with Crippen LogP contribution in [0.25, 0.3) is 0 Å². The molecule has 0 spiro atoms. The van der Waals surface area contributed by atoms with Crippen molar-refractivity contribution >= 4 is 5.91 Å². The van der Waals surface area contributed by atoms with E-state index < -0.39 is 0 Å². The van der Waals surface area contributed by atoms with E-state index in [0.29, 0.717) is 24.3 Å². The summed E-state index contributed by atoms with van der Waals surface area (Å²) in [6.45, 7) is 4.99. The van der Waals surface area contributed by atoms with E-state index in [2.05, 4.69) is 5.32 Å². The second-order valence-electron chi connectivity index (χ2n) is 5.35. The van der Waals surface area contributed by atoms with Gasteiger partial charge in [-0.15, -0.1) is 0 Å². The SMILES string of the molecule is COC(C)CCC(=O)N1C[C@@H]2CCCN[C@@H]2C1. The summed E-state index contributed by atoms with van der Waals surface area (Å²) < 4.78 is 5.17. The van der Waals surface area contributed by atoms with Gasteiger partial charge in [0.1, 0.15) is 0 Å². The number of rotatable bonds is 4. The summed E-state index contributed by atoms with van der Waals surface area (Å²) in [5, 5.41) is 3.52. The molecule has 4 heteroatoms. The van der Waals surface area contributed by atoms with Gasteiger partial charge in [-0.1, -0.05) is 0 Å². The molecule has 0 saturated carbocycles. The number of fused-ring (bicyclic) bond motifs is 1. The Bertz CT molecular complexity index is 256. The first-order valence-corrected chi connectivity index (χ1v) is 6.74. The second kappa shape index (κ2) is 5.83. The van der Waals surface area contributed by atoms with E-state index in [1.54, 1.807) is 7.11 Å².